The summed E-state index contributed by atoms with van der Waals surface area (Å²) in [7, 11) is 0. The van der Waals surface area contributed by atoms with Gasteiger partial charge in [0.15, 0.2) is 0 Å². The van der Waals surface area contributed by atoms with Crippen LogP contribution in [0.25, 0.3) is 0 Å². The van der Waals surface area contributed by atoms with Gasteiger partial charge < -0.3 is 5.32 Å². The molecule has 0 spiro atoms. The predicted molar refractivity (Wildman–Crippen MR) is 75.5 cm³/mol. The fourth-order valence-corrected chi connectivity index (χ4v) is 2.82. The van der Waals surface area contributed by atoms with Crippen LogP contribution < -0.4 is 5.32 Å². The zero-order valence-corrected chi connectivity index (χ0v) is 12.1. The van der Waals surface area contributed by atoms with Crippen LogP contribution in [0.5, 0.6) is 0 Å². The molecule has 1 aliphatic rings. The van der Waals surface area contributed by atoms with E-state index in [0.717, 1.165) is 29.5 Å². The van der Waals surface area contributed by atoms with Crippen LogP contribution in [0.3, 0.4) is 0 Å². The number of rotatable bonds is 5. The van der Waals surface area contributed by atoms with Gasteiger partial charge in [0.05, 0.1) is 0 Å². The Balaban J connectivity index is 1.74. The van der Waals surface area contributed by atoms with Crippen molar-refractivity contribution in [2.24, 2.45) is 5.92 Å². The molecule has 0 bridgehead atoms. The maximum Gasteiger partial charge on any atom is 0.137 e. The summed E-state index contributed by atoms with van der Waals surface area (Å²) in [6.07, 6.45) is 8.23. The van der Waals surface area contributed by atoms with Crippen LogP contribution in [-0.4, -0.2) is 23.9 Å². The van der Waals surface area contributed by atoms with Crippen molar-refractivity contribution in [2.75, 3.05) is 13.1 Å². The molecule has 0 amide bonds. The number of aromatic nitrogens is 1. The molecule has 3 nitrogen and oxygen atoms in total. The van der Waals surface area contributed by atoms with Crippen molar-refractivity contribution in [1.82, 2.24) is 10.3 Å². The number of halogens is 1. The number of piperidine rings is 1. The molecule has 1 saturated heterocycles. The van der Waals surface area contributed by atoms with Gasteiger partial charge in [-0.15, -0.1) is 0 Å². The van der Waals surface area contributed by atoms with Crippen molar-refractivity contribution in [1.29, 1.82) is 0 Å². The highest BCUT2D eigenvalue weighted by atomic mass is 79.9. The minimum absolute atomic E-state index is 0.320. The zero-order valence-electron chi connectivity index (χ0n) is 10.5. The Kier molecular flexibility index (Phi) is 5.32. The van der Waals surface area contributed by atoms with Crippen LogP contribution in [-0.2, 0) is 11.2 Å². The lowest BCUT2D eigenvalue weighted by Crippen LogP contribution is -2.30. The normalized spacial score (nSPS) is 19.7. The van der Waals surface area contributed by atoms with Crippen molar-refractivity contribution in [3.8, 4) is 0 Å². The van der Waals surface area contributed by atoms with Crippen molar-refractivity contribution >= 4 is 21.7 Å². The summed E-state index contributed by atoms with van der Waals surface area (Å²) in [6.45, 7) is 2.21. The maximum atomic E-state index is 11.9. The van der Waals surface area contributed by atoms with Gasteiger partial charge in [0.25, 0.3) is 0 Å². The largest absolute Gasteiger partial charge is 0.316 e. The number of hydrogen-bond donors (Lipinski definition) is 1. The average molecular weight is 311 g/mol. The molecule has 18 heavy (non-hydrogen) atoms. The first kappa shape index (κ1) is 13.7. The Hall–Kier alpha value is -0.740. The Morgan fingerprint density at radius 3 is 3.11 bits per heavy atom. The average Bonchev–Trinajstić information content (AvgIpc) is 2.38. The summed E-state index contributed by atoms with van der Waals surface area (Å²) in [6, 6.07) is 1.97. The van der Waals surface area contributed by atoms with E-state index in [0.29, 0.717) is 24.5 Å². The van der Waals surface area contributed by atoms with Gasteiger partial charge in [-0.3, -0.25) is 9.78 Å². The maximum absolute atomic E-state index is 11.9. The molecular formula is C14H19BrN2O. The molecule has 1 aromatic heterocycles. The van der Waals surface area contributed by atoms with Gasteiger partial charge in [0.2, 0.25) is 0 Å². The summed E-state index contributed by atoms with van der Waals surface area (Å²) in [5, 5.41) is 3.39. The SMILES string of the molecule is O=C(CCC1CCCNC1)Cc1cncc(Br)c1. The van der Waals surface area contributed by atoms with Gasteiger partial charge in [-0.1, -0.05) is 0 Å². The lowest BCUT2D eigenvalue weighted by molar-refractivity contribution is -0.118. The smallest absolute Gasteiger partial charge is 0.137 e. The molecule has 0 aliphatic carbocycles. The quantitative estimate of drug-likeness (QED) is 0.909. The van der Waals surface area contributed by atoms with Crippen LogP contribution in [0.1, 0.15) is 31.2 Å². The zero-order chi connectivity index (χ0) is 12.8. The highest BCUT2D eigenvalue weighted by Gasteiger charge is 2.14. The van der Waals surface area contributed by atoms with Crippen molar-refractivity contribution in [2.45, 2.75) is 32.1 Å². The van der Waals surface area contributed by atoms with Crippen LogP contribution in [0.4, 0.5) is 0 Å². The highest BCUT2D eigenvalue weighted by molar-refractivity contribution is 9.10. The van der Waals surface area contributed by atoms with E-state index in [1.165, 1.54) is 12.8 Å². The molecule has 1 unspecified atom stereocenters. The van der Waals surface area contributed by atoms with Crippen LogP contribution in [0, 0.1) is 5.92 Å². The number of ketones is 1. The fourth-order valence-electron chi connectivity index (χ4n) is 2.40. The molecule has 98 valence electrons. The van der Waals surface area contributed by atoms with E-state index >= 15 is 0 Å². The standard InChI is InChI=1S/C14H19BrN2O/c15-13-6-12(9-17-10-13)7-14(18)4-3-11-2-1-5-16-8-11/h6,9-11,16H,1-5,7-8H2. The lowest BCUT2D eigenvalue weighted by atomic mass is 9.93. The van der Waals surface area contributed by atoms with E-state index in [4.69, 9.17) is 0 Å². The number of Topliss-reactive ketones (excluding diaryl/α,β-unsaturated/α-hetero) is 1. The Morgan fingerprint density at radius 2 is 2.39 bits per heavy atom. The number of pyridine rings is 1. The molecule has 0 aromatic carbocycles. The molecule has 1 aromatic rings. The molecule has 1 N–H and O–H groups in total. The van der Waals surface area contributed by atoms with Crippen molar-refractivity contribution < 1.29 is 4.79 Å². The molecular weight excluding hydrogens is 292 g/mol. The van der Waals surface area contributed by atoms with Gasteiger partial charge in [-0.05, 0) is 65.8 Å². The monoisotopic (exact) mass is 310 g/mol. The third-order valence-corrected chi connectivity index (χ3v) is 3.83. The first-order chi connectivity index (χ1) is 8.74. The van der Waals surface area contributed by atoms with E-state index in [1.807, 2.05) is 6.07 Å². The molecule has 1 fully saturated rings. The second-order valence-corrected chi connectivity index (χ2v) is 5.89. The minimum atomic E-state index is 0.320. The number of hydrogen-bond acceptors (Lipinski definition) is 3. The van der Waals surface area contributed by atoms with E-state index in [-0.39, 0.29) is 0 Å². The van der Waals surface area contributed by atoms with E-state index in [9.17, 15) is 4.79 Å². The molecule has 0 radical (unpaired) electrons. The second-order valence-electron chi connectivity index (χ2n) is 4.98. The van der Waals surface area contributed by atoms with Gasteiger partial charge in [-0.25, -0.2) is 0 Å². The van der Waals surface area contributed by atoms with Gasteiger partial charge in [-0.2, -0.15) is 0 Å². The van der Waals surface area contributed by atoms with Gasteiger partial charge >= 0.3 is 0 Å². The first-order valence-electron chi connectivity index (χ1n) is 6.56. The molecule has 1 atom stereocenters. The van der Waals surface area contributed by atoms with Crippen LogP contribution in [0.2, 0.25) is 0 Å². The fraction of sp³-hybridized carbons (Fsp3) is 0.571. The highest BCUT2D eigenvalue weighted by Crippen LogP contribution is 2.17. The first-order valence-corrected chi connectivity index (χ1v) is 7.35. The Labute approximate surface area is 117 Å². The molecule has 2 heterocycles. The summed E-state index contributed by atoms with van der Waals surface area (Å²) >= 11 is 3.37. The molecule has 4 heteroatoms. The van der Waals surface area contributed by atoms with Gasteiger partial charge in [0, 0.05) is 29.7 Å². The van der Waals surface area contributed by atoms with E-state index < -0.39 is 0 Å². The number of nitrogens with one attached hydrogen (secondary N) is 1. The Bertz CT molecular complexity index is 403. The van der Waals surface area contributed by atoms with Gasteiger partial charge in [0.1, 0.15) is 5.78 Å². The lowest BCUT2D eigenvalue weighted by Gasteiger charge is -2.22. The Morgan fingerprint density at radius 1 is 1.50 bits per heavy atom. The predicted octanol–water partition coefficient (Wildman–Crippen LogP) is 2.74. The summed E-state index contributed by atoms with van der Waals surface area (Å²) in [5.74, 6) is 1.00. The summed E-state index contributed by atoms with van der Waals surface area (Å²) in [5.41, 5.74) is 0.996. The number of nitrogens with zero attached hydrogens (tertiary/aromatic N) is 1. The molecule has 0 saturated carbocycles. The van der Waals surface area contributed by atoms with Crippen LogP contribution in [0.15, 0.2) is 22.9 Å². The summed E-state index contributed by atoms with van der Waals surface area (Å²) < 4.78 is 0.935. The topological polar surface area (TPSA) is 42.0 Å². The number of carbonyl (C=O) groups is 1. The molecule has 2 rings (SSSR count). The molecule has 1 aliphatic heterocycles. The third-order valence-electron chi connectivity index (χ3n) is 3.39. The van der Waals surface area contributed by atoms with Crippen molar-refractivity contribution in [3.63, 3.8) is 0 Å². The van der Waals surface area contributed by atoms with E-state index in [1.54, 1.807) is 12.4 Å². The van der Waals surface area contributed by atoms with Crippen LogP contribution >= 0.6 is 15.9 Å². The number of carbonyl (C=O) groups excluding carboxylic acids is 1. The van der Waals surface area contributed by atoms with E-state index in [2.05, 4.69) is 26.2 Å². The van der Waals surface area contributed by atoms with Crippen molar-refractivity contribution in [3.05, 3.63) is 28.5 Å². The third kappa shape index (κ3) is 4.50. The summed E-state index contributed by atoms with van der Waals surface area (Å²) in [4.78, 5) is 16.0. The minimum Gasteiger partial charge on any atom is -0.316 e. The second kappa shape index (κ2) is 7.00.